The van der Waals surface area contributed by atoms with Crippen molar-refractivity contribution in [1.29, 1.82) is 0 Å². The van der Waals surface area contributed by atoms with E-state index in [9.17, 15) is 19.5 Å². The van der Waals surface area contributed by atoms with Crippen molar-refractivity contribution < 1.29 is 18.7 Å². The molecule has 1 saturated heterocycles. The zero-order valence-electron chi connectivity index (χ0n) is 18.1. The van der Waals surface area contributed by atoms with Gasteiger partial charge in [-0.15, -0.1) is 0 Å². The third-order valence-electron chi connectivity index (χ3n) is 7.04. The van der Waals surface area contributed by atoms with Crippen molar-refractivity contribution in [2.24, 2.45) is 0 Å². The second kappa shape index (κ2) is 8.06. The Bertz CT molecular complexity index is 1210. The zero-order valence-corrected chi connectivity index (χ0v) is 18.1. The van der Waals surface area contributed by atoms with Crippen LogP contribution in [0.5, 0.6) is 0 Å². The Labute approximate surface area is 184 Å². The van der Waals surface area contributed by atoms with Crippen molar-refractivity contribution in [3.05, 3.63) is 62.4 Å². The van der Waals surface area contributed by atoms with Gasteiger partial charge in [0.05, 0.1) is 25.3 Å². The minimum Gasteiger partial charge on any atom is -0.633 e. The van der Waals surface area contributed by atoms with E-state index in [1.807, 2.05) is 0 Å². The monoisotopic (exact) mass is 442 g/mol. The number of rotatable bonds is 4. The first kappa shape index (κ1) is 21.2. The predicted octanol–water partition coefficient (Wildman–Crippen LogP) is 3.09. The fraction of sp³-hybridized carbons (Fsp3) is 0.522. The summed E-state index contributed by atoms with van der Waals surface area (Å²) in [6.07, 6.45) is 2.34. The van der Waals surface area contributed by atoms with E-state index in [2.05, 4.69) is 10.1 Å². The minimum absolute atomic E-state index is 0.0983. The summed E-state index contributed by atoms with van der Waals surface area (Å²) in [6, 6.07) is 4.40. The minimum atomic E-state index is -0.704. The molecule has 0 radical (unpaired) electrons. The van der Waals surface area contributed by atoms with Gasteiger partial charge in [0.1, 0.15) is 17.7 Å². The van der Waals surface area contributed by atoms with Crippen molar-refractivity contribution in [1.82, 2.24) is 14.7 Å². The van der Waals surface area contributed by atoms with Crippen LogP contribution in [0.4, 0.5) is 4.39 Å². The maximum atomic E-state index is 13.4. The van der Waals surface area contributed by atoms with Crippen LogP contribution in [0.3, 0.4) is 0 Å². The number of benzene rings is 1. The highest BCUT2D eigenvalue weighted by atomic mass is 19.1. The van der Waals surface area contributed by atoms with E-state index in [0.29, 0.717) is 74.5 Å². The molecule has 1 unspecified atom stereocenters. The molecular formula is C23H27FN4O4. The first-order chi connectivity index (χ1) is 15.3. The molecule has 9 heteroatoms. The van der Waals surface area contributed by atoms with Crippen LogP contribution in [0.25, 0.3) is 11.0 Å². The van der Waals surface area contributed by atoms with Crippen molar-refractivity contribution in [3.63, 3.8) is 0 Å². The Morgan fingerprint density at radius 3 is 2.88 bits per heavy atom. The van der Waals surface area contributed by atoms with Gasteiger partial charge in [0, 0.05) is 54.4 Å². The zero-order chi connectivity index (χ0) is 22.5. The van der Waals surface area contributed by atoms with E-state index in [1.165, 1.54) is 12.1 Å². The Morgan fingerprint density at radius 1 is 1.31 bits per heavy atom. The Kier molecular flexibility index (Phi) is 5.35. The smallest absolute Gasteiger partial charge is 0.257 e. The molecule has 1 fully saturated rings. The lowest BCUT2D eigenvalue weighted by Crippen LogP contribution is -2.49. The van der Waals surface area contributed by atoms with Crippen LogP contribution in [-0.2, 0) is 13.0 Å². The van der Waals surface area contributed by atoms with Gasteiger partial charge >= 0.3 is 0 Å². The molecule has 0 spiro atoms. The molecule has 5 rings (SSSR count). The molecule has 1 atom stereocenters. The normalized spacial score (nSPS) is 25.8. The molecular weight excluding hydrogens is 415 g/mol. The van der Waals surface area contributed by atoms with E-state index in [0.717, 1.165) is 17.5 Å². The fourth-order valence-electron chi connectivity index (χ4n) is 5.13. The third-order valence-corrected chi connectivity index (χ3v) is 7.04. The number of aliphatic hydroxyl groups excluding tert-OH is 1. The molecule has 2 aliphatic heterocycles. The van der Waals surface area contributed by atoms with E-state index in [-0.39, 0.29) is 21.9 Å². The molecule has 0 amide bonds. The molecule has 1 N–H and O–H groups in total. The lowest BCUT2D eigenvalue weighted by Gasteiger charge is -2.47. The Morgan fingerprint density at radius 2 is 2.09 bits per heavy atom. The van der Waals surface area contributed by atoms with Crippen LogP contribution in [-0.4, -0.2) is 44.1 Å². The predicted molar refractivity (Wildman–Crippen MR) is 115 cm³/mol. The highest BCUT2D eigenvalue weighted by Crippen LogP contribution is 2.35. The van der Waals surface area contributed by atoms with E-state index in [1.54, 1.807) is 17.6 Å². The number of piperidine rings is 1. The van der Waals surface area contributed by atoms with Gasteiger partial charge in [0.2, 0.25) is 0 Å². The highest BCUT2D eigenvalue weighted by molar-refractivity contribution is 5.79. The molecule has 32 heavy (non-hydrogen) atoms. The summed E-state index contributed by atoms with van der Waals surface area (Å²) in [5, 5.41) is 28.5. The van der Waals surface area contributed by atoms with E-state index >= 15 is 0 Å². The average Bonchev–Trinajstić information content (AvgIpc) is 3.18. The van der Waals surface area contributed by atoms with Crippen LogP contribution < -0.4 is 5.56 Å². The topological polar surface area (TPSA) is 104 Å². The average molecular weight is 442 g/mol. The molecule has 0 aliphatic carbocycles. The van der Waals surface area contributed by atoms with Gasteiger partial charge in [0.25, 0.3) is 5.56 Å². The van der Waals surface area contributed by atoms with Crippen LogP contribution in [0.15, 0.2) is 27.5 Å². The molecule has 1 aromatic carbocycles. The van der Waals surface area contributed by atoms with Crippen LogP contribution >= 0.6 is 0 Å². The third kappa shape index (κ3) is 3.74. The van der Waals surface area contributed by atoms with E-state index < -0.39 is 6.10 Å². The summed E-state index contributed by atoms with van der Waals surface area (Å²) in [7, 11) is 0. The number of hydrogen-bond donors (Lipinski definition) is 1. The van der Waals surface area contributed by atoms with Crippen molar-refractivity contribution in [3.8, 4) is 0 Å². The first-order valence-electron chi connectivity index (χ1n) is 11.2. The van der Waals surface area contributed by atoms with Crippen LogP contribution in [0.1, 0.15) is 60.5 Å². The summed E-state index contributed by atoms with van der Waals surface area (Å²) in [4.78, 5) is 17.5. The summed E-state index contributed by atoms with van der Waals surface area (Å²) in [5.74, 6) is 0.173. The second-order valence-electron chi connectivity index (χ2n) is 9.11. The lowest BCUT2D eigenvalue weighted by molar-refractivity contribution is -0.885. The van der Waals surface area contributed by atoms with Gasteiger partial charge in [-0.1, -0.05) is 5.16 Å². The molecule has 2 aromatic heterocycles. The highest BCUT2D eigenvalue weighted by Gasteiger charge is 2.31. The van der Waals surface area contributed by atoms with Crippen molar-refractivity contribution in [2.45, 2.75) is 57.6 Å². The number of quaternary nitrogens is 1. The standard InChI is InChI=1S/C23H27FN4O4/c1-14-17(23(30)27-9-2-3-19(29)22(27)25-14)8-12-28(31)10-6-15(7-11-28)21-18-5-4-16(24)13-20(18)32-26-21/h4-5,13,15,19,29H,2-3,6-12H2,1H3. The van der Waals surface area contributed by atoms with E-state index in [4.69, 9.17) is 4.52 Å². The molecule has 8 nitrogen and oxygen atoms in total. The summed E-state index contributed by atoms with van der Waals surface area (Å²) in [6.45, 7) is 3.51. The number of hydrogen-bond acceptors (Lipinski definition) is 6. The maximum Gasteiger partial charge on any atom is 0.257 e. The summed E-state index contributed by atoms with van der Waals surface area (Å²) >= 11 is 0. The number of aliphatic hydroxyl groups is 1. The largest absolute Gasteiger partial charge is 0.633 e. The van der Waals surface area contributed by atoms with Gasteiger partial charge in [0.15, 0.2) is 5.58 Å². The SMILES string of the molecule is Cc1nc2n(c(=O)c1CC[N+]1([O-])CCC(c3noc4cc(F)ccc34)CC1)CCCC2O. The second-order valence-corrected chi connectivity index (χ2v) is 9.11. The molecule has 0 bridgehead atoms. The maximum absolute atomic E-state index is 13.4. The van der Waals surface area contributed by atoms with Gasteiger partial charge in [-0.25, -0.2) is 9.37 Å². The summed E-state index contributed by atoms with van der Waals surface area (Å²) in [5.41, 5.74) is 2.26. The van der Waals surface area contributed by atoms with Gasteiger partial charge in [-0.05, 0) is 31.9 Å². The molecule has 2 aliphatic rings. The molecule has 0 saturated carbocycles. The number of aromatic nitrogens is 3. The van der Waals surface area contributed by atoms with Crippen molar-refractivity contribution in [2.75, 3.05) is 19.6 Å². The number of hydroxylamine groups is 3. The number of fused-ring (bicyclic) bond motifs is 2. The fourth-order valence-corrected chi connectivity index (χ4v) is 5.13. The van der Waals surface area contributed by atoms with Crippen molar-refractivity contribution >= 4 is 11.0 Å². The van der Waals surface area contributed by atoms with Gasteiger partial charge < -0.3 is 19.5 Å². The molecule has 3 aromatic rings. The molecule has 4 heterocycles. The lowest BCUT2D eigenvalue weighted by atomic mass is 9.91. The van der Waals surface area contributed by atoms with Gasteiger partial charge in [-0.3, -0.25) is 9.36 Å². The number of aryl methyl sites for hydroxylation is 1. The van der Waals surface area contributed by atoms with Crippen LogP contribution in [0, 0.1) is 17.9 Å². The van der Waals surface area contributed by atoms with Crippen LogP contribution in [0.2, 0.25) is 0 Å². The summed E-state index contributed by atoms with van der Waals surface area (Å²) < 4.78 is 19.9. The Hall–Kier alpha value is -2.62. The quantitative estimate of drug-likeness (QED) is 0.492. The Balaban J connectivity index is 1.28. The first-order valence-corrected chi connectivity index (χ1v) is 11.2. The van der Waals surface area contributed by atoms with Gasteiger partial charge in [-0.2, -0.15) is 0 Å². The number of likely N-dealkylation sites (tertiary alicyclic amines) is 1. The molecule has 170 valence electrons. The number of halogens is 1. The number of nitrogens with zero attached hydrogens (tertiary/aromatic N) is 4.